The van der Waals surface area contributed by atoms with Crippen LogP contribution in [0.2, 0.25) is 0 Å². The quantitative estimate of drug-likeness (QED) is 0.157. The third-order valence-corrected chi connectivity index (χ3v) is 3.82. The zero-order valence-corrected chi connectivity index (χ0v) is 15.7. The molecule has 0 aromatic heterocycles. The van der Waals surface area contributed by atoms with Crippen molar-refractivity contribution in [1.82, 2.24) is 0 Å². The van der Waals surface area contributed by atoms with Gasteiger partial charge in [0.25, 0.3) is 0 Å². The number of halogens is 19. The number of carbonyl (C=O) groups is 1. The van der Waals surface area contributed by atoms with Crippen LogP contribution in [-0.4, -0.2) is 66.6 Å². The summed E-state index contributed by atoms with van der Waals surface area (Å²) in [5.41, 5.74) is -1.85. The summed E-state index contributed by atoms with van der Waals surface area (Å²) < 4.78 is 248. The Balaban J connectivity index is 6.24. The molecule has 0 aliphatic carbocycles. The fourth-order valence-corrected chi connectivity index (χ4v) is 1.83. The number of ether oxygens (including phenoxy) is 1. The number of hydrogen-bond donors (Lipinski definition) is 0. The van der Waals surface area contributed by atoms with Crippen LogP contribution < -0.4 is 0 Å². The van der Waals surface area contributed by atoms with E-state index in [9.17, 15) is 88.2 Å². The molecule has 21 heteroatoms. The van der Waals surface area contributed by atoms with E-state index in [1.54, 1.807) is 0 Å². The lowest BCUT2D eigenvalue weighted by atomic mass is 9.89. The molecule has 0 saturated heterocycles. The Labute approximate surface area is 179 Å². The monoisotopic (exact) mass is 568 g/mol. The summed E-state index contributed by atoms with van der Waals surface area (Å²) in [5, 5.41) is 0. The smallest absolute Gasteiger partial charge is 0.393 e. The lowest BCUT2D eigenvalue weighted by Gasteiger charge is -2.42. The van der Waals surface area contributed by atoms with Gasteiger partial charge in [-0.2, -0.15) is 74.6 Å². The zero-order valence-electron chi connectivity index (χ0n) is 15.7. The predicted molar refractivity (Wildman–Crippen MR) is 71.4 cm³/mol. The van der Waals surface area contributed by atoms with Gasteiger partial charge in [-0.15, -0.1) is 0 Å². The average molecular weight is 568 g/mol. The van der Waals surface area contributed by atoms with Gasteiger partial charge >= 0.3 is 60.0 Å². The van der Waals surface area contributed by atoms with Crippen molar-refractivity contribution in [3.05, 3.63) is 12.2 Å². The average Bonchev–Trinajstić information content (AvgIpc) is 2.63. The van der Waals surface area contributed by atoms with E-state index in [1.807, 2.05) is 0 Å². The molecular weight excluding hydrogens is 561 g/mol. The fourth-order valence-electron chi connectivity index (χ4n) is 1.83. The van der Waals surface area contributed by atoms with Crippen LogP contribution in [-0.2, 0) is 9.53 Å². The van der Waals surface area contributed by atoms with E-state index < -0.39 is 78.6 Å². The number of rotatable bonds is 11. The standard InChI is InChI=1S/C14H7F19O2/c1-4(2-8(19,20)21)5(34)35-3-7(17,18)10(24,25)12(28,29)14(32,33)13(30,31)11(26,27)9(22,23)6(15)16/h6H,1-3H2. The van der Waals surface area contributed by atoms with E-state index >= 15 is 0 Å². The highest BCUT2D eigenvalue weighted by Crippen LogP contribution is 2.62. The van der Waals surface area contributed by atoms with Gasteiger partial charge in [0.1, 0.15) is 0 Å². The molecule has 0 aliphatic rings. The summed E-state index contributed by atoms with van der Waals surface area (Å²) in [7, 11) is 0. The molecule has 0 aliphatic heterocycles. The van der Waals surface area contributed by atoms with Gasteiger partial charge in [-0.3, -0.25) is 0 Å². The van der Waals surface area contributed by atoms with Gasteiger partial charge in [-0.05, 0) is 0 Å². The van der Waals surface area contributed by atoms with E-state index in [0.29, 0.717) is 0 Å². The molecular formula is C14H7F19O2. The van der Waals surface area contributed by atoms with Crippen LogP contribution in [0.4, 0.5) is 83.4 Å². The van der Waals surface area contributed by atoms with Crippen molar-refractivity contribution in [3.63, 3.8) is 0 Å². The summed E-state index contributed by atoms with van der Waals surface area (Å²) in [5.74, 6) is -59.2. The SMILES string of the molecule is C=C(CC(F)(F)F)C(=O)OCC(F)(F)C(F)(F)C(F)(F)C(F)(F)C(F)(F)C(F)(F)C(F)(F)C(F)F. The van der Waals surface area contributed by atoms with E-state index in [1.165, 1.54) is 0 Å². The molecule has 35 heavy (non-hydrogen) atoms. The van der Waals surface area contributed by atoms with Gasteiger partial charge in [0.15, 0.2) is 6.61 Å². The van der Waals surface area contributed by atoms with Crippen molar-refractivity contribution < 1.29 is 92.9 Å². The molecule has 0 N–H and O–H groups in total. The van der Waals surface area contributed by atoms with Gasteiger partial charge in [-0.1, -0.05) is 6.58 Å². The minimum absolute atomic E-state index is 1.85. The van der Waals surface area contributed by atoms with Crippen LogP contribution >= 0.6 is 0 Å². The van der Waals surface area contributed by atoms with Gasteiger partial charge in [0, 0.05) is 5.57 Å². The van der Waals surface area contributed by atoms with Crippen LogP contribution in [0.1, 0.15) is 6.42 Å². The second-order valence-electron chi connectivity index (χ2n) is 6.47. The van der Waals surface area contributed by atoms with Crippen LogP contribution in [0.3, 0.4) is 0 Å². The maximum absolute atomic E-state index is 13.5. The summed E-state index contributed by atoms with van der Waals surface area (Å²) >= 11 is 0. The maximum Gasteiger partial charge on any atom is 0.393 e. The molecule has 0 aromatic carbocycles. The van der Waals surface area contributed by atoms with Gasteiger partial charge < -0.3 is 4.74 Å². The Kier molecular flexibility index (Phi) is 8.52. The Bertz CT molecular complexity index is 794. The number of carbonyl (C=O) groups excluding carboxylic acids is 1. The Morgan fingerprint density at radius 2 is 0.971 bits per heavy atom. The molecule has 0 aromatic rings. The van der Waals surface area contributed by atoms with Crippen molar-refractivity contribution in [1.29, 1.82) is 0 Å². The molecule has 0 fully saturated rings. The minimum Gasteiger partial charge on any atom is -0.456 e. The first kappa shape index (κ1) is 32.9. The lowest BCUT2D eigenvalue weighted by molar-refractivity contribution is -0.447. The second kappa shape index (κ2) is 9.07. The predicted octanol–water partition coefficient (Wildman–Crippen LogP) is 6.75. The first-order valence-electron chi connectivity index (χ1n) is 7.80. The molecule has 0 unspecified atom stereocenters. The highest BCUT2D eigenvalue weighted by Gasteiger charge is 2.93. The Morgan fingerprint density at radius 1 is 0.629 bits per heavy atom. The lowest BCUT2D eigenvalue weighted by Crippen LogP contribution is -2.74. The van der Waals surface area contributed by atoms with Crippen molar-refractivity contribution in [2.45, 2.75) is 60.5 Å². The molecule has 208 valence electrons. The van der Waals surface area contributed by atoms with E-state index in [0.717, 1.165) is 0 Å². The third-order valence-electron chi connectivity index (χ3n) is 3.82. The first-order chi connectivity index (χ1) is 15.0. The largest absolute Gasteiger partial charge is 0.456 e. The van der Waals surface area contributed by atoms with Crippen molar-refractivity contribution in [2.24, 2.45) is 0 Å². The highest BCUT2D eigenvalue weighted by molar-refractivity contribution is 5.87. The summed E-state index contributed by atoms with van der Waals surface area (Å²) in [6, 6.07) is 0. The topological polar surface area (TPSA) is 26.3 Å². The van der Waals surface area contributed by atoms with E-state index in [2.05, 4.69) is 11.3 Å². The zero-order chi connectivity index (χ0) is 28.9. The van der Waals surface area contributed by atoms with E-state index in [4.69, 9.17) is 0 Å². The Morgan fingerprint density at radius 3 is 1.31 bits per heavy atom. The highest BCUT2D eigenvalue weighted by atomic mass is 19.4. The third kappa shape index (κ3) is 5.36. The summed E-state index contributed by atoms with van der Waals surface area (Å²) in [4.78, 5) is 11.0. The first-order valence-corrected chi connectivity index (χ1v) is 7.80. The molecule has 0 atom stereocenters. The van der Waals surface area contributed by atoms with Crippen LogP contribution in [0.5, 0.6) is 0 Å². The van der Waals surface area contributed by atoms with Crippen LogP contribution in [0.25, 0.3) is 0 Å². The van der Waals surface area contributed by atoms with Crippen molar-refractivity contribution in [3.8, 4) is 0 Å². The summed E-state index contributed by atoms with van der Waals surface area (Å²) in [6.07, 6.45) is -13.7. The maximum atomic E-state index is 13.5. The summed E-state index contributed by atoms with van der Waals surface area (Å²) in [6.45, 7) is -1.31. The van der Waals surface area contributed by atoms with Crippen LogP contribution in [0, 0.1) is 0 Å². The van der Waals surface area contributed by atoms with Gasteiger partial charge in [0.05, 0.1) is 6.42 Å². The Hall–Kier alpha value is -2.12. The normalized spacial score (nSPS) is 15.4. The number of esters is 1. The van der Waals surface area contributed by atoms with Gasteiger partial charge in [0.2, 0.25) is 0 Å². The second-order valence-corrected chi connectivity index (χ2v) is 6.47. The number of alkyl halides is 19. The van der Waals surface area contributed by atoms with E-state index in [-0.39, 0.29) is 0 Å². The van der Waals surface area contributed by atoms with Crippen LogP contribution in [0.15, 0.2) is 12.2 Å². The van der Waals surface area contributed by atoms with Crippen molar-refractivity contribution >= 4 is 5.97 Å². The molecule has 0 saturated carbocycles. The molecule has 0 amide bonds. The molecule has 0 rings (SSSR count). The number of hydrogen-bond acceptors (Lipinski definition) is 2. The fraction of sp³-hybridized carbons (Fsp3) is 0.786. The van der Waals surface area contributed by atoms with Gasteiger partial charge in [-0.25, -0.2) is 13.6 Å². The van der Waals surface area contributed by atoms with Crippen molar-refractivity contribution in [2.75, 3.05) is 6.61 Å². The molecule has 0 spiro atoms. The molecule has 0 heterocycles. The molecule has 0 bridgehead atoms. The minimum atomic E-state index is -8.64. The molecule has 2 nitrogen and oxygen atoms in total. The molecule has 0 radical (unpaired) electrons.